The molecule has 0 atom stereocenters. The number of benzene rings is 1. The Bertz CT molecular complexity index is 697. The molecule has 1 aromatic carbocycles. The summed E-state index contributed by atoms with van der Waals surface area (Å²) in [4.78, 5) is 15.0. The van der Waals surface area contributed by atoms with E-state index in [0.717, 1.165) is 10.4 Å². The van der Waals surface area contributed by atoms with Gasteiger partial charge in [0.15, 0.2) is 0 Å². The molecule has 0 aliphatic rings. The van der Waals surface area contributed by atoms with E-state index in [0.29, 0.717) is 23.2 Å². The molecule has 4 nitrogen and oxygen atoms in total. The zero-order valence-corrected chi connectivity index (χ0v) is 15.2. The minimum absolute atomic E-state index is 0.203. The smallest absolute Gasteiger partial charge is 0.317 e. The van der Waals surface area contributed by atoms with E-state index in [1.807, 2.05) is 13.0 Å². The van der Waals surface area contributed by atoms with Crippen LogP contribution < -0.4 is 10.1 Å². The lowest BCUT2D eigenvalue weighted by molar-refractivity contribution is 0.0818. The number of halogens is 3. The van der Waals surface area contributed by atoms with Crippen molar-refractivity contribution in [3.63, 3.8) is 0 Å². The molecule has 8 heteroatoms. The standard InChI is InChI=1S/C17H19ClF2N2O2S/c1-2-22(10-14-6-7-15(18)25-14)17(23)21-9-12-4-3-5-13(8-12)24-11-16(19)20/h3-8,16H,2,9-11H2,1H3,(H,21,23). The van der Waals surface area contributed by atoms with Crippen LogP contribution in [0.15, 0.2) is 36.4 Å². The van der Waals surface area contributed by atoms with Crippen LogP contribution in [-0.4, -0.2) is 30.5 Å². The number of nitrogens with one attached hydrogen (secondary N) is 1. The van der Waals surface area contributed by atoms with Crippen molar-refractivity contribution in [3.05, 3.63) is 51.2 Å². The number of carbonyl (C=O) groups is 1. The van der Waals surface area contributed by atoms with Crippen molar-refractivity contribution in [1.29, 1.82) is 0 Å². The van der Waals surface area contributed by atoms with Crippen LogP contribution in [0.4, 0.5) is 13.6 Å². The van der Waals surface area contributed by atoms with Crippen molar-refractivity contribution in [2.24, 2.45) is 0 Å². The highest BCUT2D eigenvalue weighted by Crippen LogP contribution is 2.22. The van der Waals surface area contributed by atoms with Crippen LogP contribution in [0, 0.1) is 0 Å². The Morgan fingerprint density at radius 1 is 1.36 bits per heavy atom. The lowest BCUT2D eigenvalue weighted by atomic mass is 10.2. The molecule has 136 valence electrons. The molecule has 1 N–H and O–H groups in total. The van der Waals surface area contributed by atoms with Crippen molar-refractivity contribution in [3.8, 4) is 5.75 Å². The minimum Gasteiger partial charge on any atom is -0.488 e. The van der Waals surface area contributed by atoms with Gasteiger partial charge in [-0.15, -0.1) is 11.3 Å². The van der Waals surface area contributed by atoms with Crippen molar-refractivity contribution >= 4 is 29.0 Å². The molecule has 0 radical (unpaired) electrons. The number of carbonyl (C=O) groups excluding carboxylic acids is 1. The van der Waals surface area contributed by atoms with E-state index in [2.05, 4.69) is 5.32 Å². The molecule has 2 aromatic rings. The van der Waals surface area contributed by atoms with E-state index in [9.17, 15) is 13.6 Å². The molecular weight excluding hydrogens is 370 g/mol. The van der Waals surface area contributed by atoms with Crippen LogP contribution in [0.3, 0.4) is 0 Å². The average Bonchev–Trinajstić information content (AvgIpc) is 3.01. The number of hydrogen-bond acceptors (Lipinski definition) is 3. The molecule has 2 amide bonds. The fraction of sp³-hybridized carbons (Fsp3) is 0.353. The van der Waals surface area contributed by atoms with Gasteiger partial charge in [-0.2, -0.15) is 0 Å². The molecule has 0 saturated heterocycles. The van der Waals surface area contributed by atoms with Gasteiger partial charge in [0.25, 0.3) is 6.43 Å². The number of alkyl halides is 2. The van der Waals surface area contributed by atoms with E-state index in [1.54, 1.807) is 35.2 Å². The molecule has 2 rings (SSSR count). The summed E-state index contributed by atoms with van der Waals surface area (Å²) in [7, 11) is 0. The Kier molecular flexibility index (Phi) is 7.46. The molecule has 0 fully saturated rings. The maximum absolute atomic E-state index is 12.3. The molecule has 1 heterocycles. The lowest BCUT2D eigenvalue weighted by Crippen LogP contribution is -2.38. The number of hydrogen-bond donors (Lipinski definition) is 1. The summed E-state index contributed by atoms with van der Waals surface area (Å²) in [5.74, 6) is 0.354. The van der Waals surface area contributed by atoms with Gasteiger partial charge in [-0.25, -0.2) is 13.6 Å². The summed E-state index contributed by atoms with van der Waals surface area (Å²) in [5.41, 5.74) is 0.773. The summed E-state index contributed by atoms with van der Waals surface area (Å²) in [6, 6.07) is 10.2. The third kappa shape index (κ3) is 6.51. The third-order valence-corrected chi connectivity index (χ3v) is 4.58. The number of amides is 2. The van der Waals surface area contributed by atoms with Crippen LogP contribution in [0.25, 0.3) is 0 Å². The number of nitrogens with zero attached hydrogens (tertiary/aromatic N) is 1. The molecule has 0 aliphatic heterocycles. The van der Waals surface area contributed by atoms with Crippen LogP contribution in [0.1, 0.15) is 17.4 Å². The largest absolute Gasteiger partial charge is 0.488 e. The molecular formula is C17H19ClF2N2O2S. The minimum atomic E-state index is -2.52. The van der Waals surface area contributed by atoms with Crippen molar-refractivity contribution < 1.29 is 18.3 Å². The summed E-state index contributed by atoms with van der Waals surface area (Å²) in [5, 5.41) is 2.82. The lowest BCUT2D eigenvalue weighted by Gasteiger charge is -2.20. The number of urea groups is 1. The van der Waals surface area contributed by atoms with Gasteiger partial charge in [0.1, 0.15) is 12.4 Å². The monoisotopic (exact) mass is 388 g/mol. The Balaban J connectivity index is 1.88. The highest BCUT2D eigenvalue weighted by Gasteiger charge is 2.13. The zero-order chi connectivity index (χ0) is 18.2. The second-order valence-electron chi connectivity index (χ2n) is 5.23. The third-order valence-electron chi connectivity index (χ3n) is 3.36. The predicted molar refractivity (Wildman–Crippen MR) is 95.6 cm³/mol. The SMILES string of the molecule is CCN(Cc1ccc(Cl)s1)C(=O)NCc1cccc(OCC(F)F)c1. The number of ether oxygens (including phenoxy) is 1. The second-order valence-corrected chi connectivity index (χ2v) is 7.03. The first kappa shape index (κ1) is 19.5. The van der Waals surface area contributed by atoms with E-state index < -0.39 is 13.0 Å². The first-order valence-electron chi connectivity index (χ1n) is 7.74. The normalized spacial score (nSPS) is 10.8. The van der Waals surface area contributed by atoms with Gasteiger partial charge in [0.2, 0.25) is 0 Å². The Morgan fingerprint density at radius 2 is 2.16 bits per heavy atom. The summed E-state index contributed by atoms with van der Waals surface area (Å²) >= 11 is 7.35. The first-order chi connectivity index (χ1) is 12.0. The van der Waals surface area contributed by atoms with E-state index in [-0.39, 0.29) is 12.6 Å². The molecule has 1 aromatic heterocycles. The molecule has 0 aliphatic carbocycles. The van der Waals surface area contributed by atoms with Crippen LogP contribution >= 0.6 is 22.9 Å². The molecule has 0 unspecified atom stereocenters. The molecule has 0 saturated carbocycles. The van der Waals surface area contributed by atoms with Crippen LogP contribution in [0.5, 0.6) is 5.75 Å². The fourth-order valence-electron chi connectivity index (χ4n) is 2.15. The van der Waals surface area contributed by atoms with E-state index in [1.165, 1.54) is 11.3 Å². The maximum Gasteiger partial charge on any atom is 0.317 e. The van der Waals surface area contributed by atoms with Gasteiger partial charge in [-0.05, 0) is 36.8 Å². The van der Waals surface area contributed by atoms with Gasteiger partial charge >= 0.3 is 6.03 Å². The molecule has 0 spiro atoms. The van der Waals surface area contributed by atoms with E-state index in [4.69, 9.17) is 16.3 Å². The van der Waals surface area contributed by atoms with Crippen LogP contribution in [-0.2, 0) is 13.1 Å². The van der Waals surface area contributed by atoms with Gasteiger partial charge in [-0.1, -0.05) is 23.7 Å². The highest BCUT2D eigenvalue weighted by atomic mass is 35.5. The number of rotatable bonds is 8. The quantitative estimate of drug-likeness (QED) is 0.707. The van der Waals surface area contributed by atoms with Crippen molar-refractivity contribution in [2.45, 2.75) is 26.4 Å². The summed E-state index contributed by atoms with van der Waals surface area (Å²) < 4.78 is 30.0. The maximum atomic E-state index is 12.3. The van der Waals surface area contributed by atoms with Gasteiger partial charge in [0, 0.05) is 18.0 Å². The van der Waals surface area contributed by atoms with E-state index >= 15 is 0 Å². The predicted octanol–water partition coefficient (Wildman–Crippen LogP) is 4.78. The summed E-state index contributed by atoms with van der Waals surface area (Å²) in [6.45, 7) is 2.57. The molecule has 0 bridgehead atoms. The Morgan fingerprint density at radius 3 is 2.80 bits per heavy atom. The van der Waals surface area contributed by atoms with Gasteiger partial charge in [-0.3, -0.25) is 0 Å². The molecule has 25 heavy (non-hydrogen) atoms. The topological polar surface area (TPSA) is 41.6 Å². The first-order valence-corrected chi connectivity index (χ1v) is 8.94. The second kappa shape index (κ2) is 9.58. The highest BCUT2D eigenvalue weighted by molar-refractivity contribution is 7.16. The Labute approximate surface area is 154 Å². The number of thiophene rings is 1. The van der Waals surface area contributed by atoms with Gasteiger partial charge < -0.3 is 15.0 Å². The summed E-state index contributed by atoms with van der Waals surface area (Å²) in [6.07, 6.45) is -2.52. The van der Waals surface area contributed by atoms with Gasteiger partial charge in [0.05, 0.1) is 10.9 Å². The zero-order valence-electron chi connectivity index (χ0n) is 13.7. The average molecular weight is 389 g/mol. The van der Waals surface area contributed by atoms with Crippen LogP contribution in [0.2, 0.25) is 4.34 Å². The van der Waals surface area contributed by atoms with Crippen molar-refractivity contribution in [1.82, 2.24) is 10.2 Å². The van der Waals surface area contributed by atoms with Crippen molar-refractivity contribution in [2.75, 3.05) is 13.2 Å². The fourth-order valence-corrected chi connectivity index (χ4v) is 3.25. The Hall–Kier alpha value is -1.86.